The summed E-state index contributed by atoms with van der Waals surface area (Å²) in [6.45, 7) is 0. The largest absolute Gasteiger partial charge is 0.303 e. The Labute approximate surface area is 99.8 Å². The molecule has 0 aliphatic carbocycles. The van der Waals surface area contributed by atoms with Crippen molar-refractivity contribution in [3.8, 4) is 0 Å². The summed E-state index contributed by atoms with van der Waals surface area (Å²) in [5.41, 5.74) is -0.258. The van der Waals surface area contributed by atoms with Crippen molar-refractivity contribution < 1.29 is 13.6 Å². The van der Waals surface area contributed by atoms with Gasteiger partial charge in [-0.25, -0.2) is 8.78 Å². The highest BCUT2D eigenvalue weighted by Crippen LogP contribution is 2.11. The average Bonchev–Trinajstić information content (AvgIpc) is 2.69. The predicted molar refractivity (Wildman–Crippen MR) is 62.0 cm³/mol. The van der Waals surface area contributed by atoms with E-state index < -0.39 is 11.6 Å². The summed E-state index contributed by atoms with van der Waals surface area (Å²) in [6.07, 6.45) is 0.975. The van der Waals surface area contributed by atoms with Crippen molar-refractivity contribution >= 4 is 29.1 Å². The molecule has 2 rings (SSSR count). The molecule has 1 aromatic carbocycles. The number of halogens is 2. The second kappa shape index (κ2) is 5.05. The van der Waals surface area contributed by atoms with Crippen LogP contribution >= 0.6 is 11.8 Å². The van der Waals surface area contributed by atoms with Crippen molar-refractivity contribution in [2.24, 2.45) is 10.2 Å². The lowest BCUT2D eigenvalue weighted by Gasteiger charge is -1.96. The van der Waals surface area contributed by atoms with Crippen LogP contribution in [0.15, 0.2) is 28.4 Å². The van der Waals surface area contributed by atoms with Gasteiger partial charge >= 0.3 is 0 Å². The lowest BCUT2D eigenvalue weighted by Crippen LogP contribution is -2.19. The molecule has 0 radical (unpaired) electrons. The van der Waals surface area contributed by atoms with E-state index in [1.807, 2.05) is 0 Å². The Morgan fingerprint density at radius 1 is 1.35 bits per heavy atom. The van der Waals surface area contributed by atoms with Crippen molar-refractivity contribution in [2.75, 3.05) is 5.75 Å². The third-order valence-corrected chi connectivity index (χ3v) is 2.79. The molecule has 1 N–H and O–H groups in total. The summed E-state index contributed by atoms with van der Waals surface area (Å²) in [4.78, 5) is 10.8. The Balaban J connectivity index is 2.13. The number of hydrogen-bond acceptors (Lipinski definition) is 4. The van der Waals surface area contributed by atoms with E-state index in [0.717, 1.165) is 18.3 Å². The Bertz CT molecular complexity index is 496. The van der Waals surface area contributed by atoms with Crippen molar-refractivity contribution in [3.63, 3.8) is 0 Å². The summed E-state index contributed by atoms with van der Waals surface area (Å²) in [7, 11) is 0. The van der Waals surface area contributed by atoms with E-state index in [-0.39, 0.29) is 17.2 Å². The molecule has 0 bridgehead atoms. The predicted octanol–water partition coefficient (Wildman–Crippen LogP) is 1.52. The summed E-state index contributed by atoms with van der Waals surface area (Å²) >= 11 is 1.18. The van der Waals surface area contributed by atoms with Crippen molar-refractivity contribution in [3.05, 3.63) is 35.4 Å². The van der Waals surface area contributed by atoms with Crippen molar-refractivity contribution in [1.29, 1.82) is 0 Å². The van der Waals surface area contributed by atoms with Gasteiger partial charge in [-0.3, -0.25) is 4.79 Å². The van der Waals surface area contributed by atoms with Gasteiger partial charge in [-0.2, -0.15) is 5.10 Å². The molecule has 0 aromatic heterocycles. The first-order chi connectivity index (χ1) is 8.16. The van der Waals surface area contributed by atoms with Gasteiger partial charge in [0.15, 0.2) is 5.17 Å². The molecule has 0 saturated carbocycles. The molecule has 1 saturated heterocycles. The fraction of sp³-hybridized carbons (Fsp3) is 0.100. The summed E-state index contributed by atoms with van der Waals surface area (Å²) in [5, 5.41) is 9.93. The Morgan fingerprint density at radius 3 is 2.65 bits per heavy atom. The standard InChI is InChI=1S/C10H7F2N3OS/c11-7-2-1-3-8(12)6(7)4-13-15-10-14-9(16)5-17-10/h1-4H,5H2,(H,14,15,16). The van der Waals surface area contributed by atoms with Crippen LogP contribution < -0.4 is 5.32 Å². The van der Waals surface area contributed by atoms with Crippen molar-refractivity contribution in [2.45, 2.75) is 0 Å². The molecule has 4 nitrogen and oxygen atoms in total. The van der Waals surface area contributed by atoms with Gasteiger partial charge in [-0.05, 0) is 12.1 Å². The van der Waals surface area contributed by atoms with Crippen LogP contribution in [-0.2, 0) is 4.79 Å². The quantitative estimate of drug-likeness (QED) is 0.643. The summed E-state index contributed by atoms with van der Waals surface area (Å²) in [5.74, 6) is -1.31. The Kier molecular flexibility index (Phi) is 3.48. The van der Waals surface area contributed by atoms with E-state index in [9.17, 15) is 13.6 Å². The number of carbonyl (C=O) groups is 1. The smallest absolute Gasteiger partial charge is 0.236 e. The molecule has 1 aromatic rings. The molecule has 1 fully saturated rings. The highest BCUT2D eigenvalue weighted by Gasteiger charge is 2.16. The van der Waals surface area contributed by atoms with E-state index in [1.54, 1.807) is 0 Å². The maximum atomic E-state index is 13.2. The highest BCUT2D eigenvalue weighted by molar-refractivity contribution is 8.15. The van der Waals surface area contributed by atoms with Gasteiger partial charge in [0.1, 0.15) is 11.6 Å². The molecule has 17 heavy (non-hydrogen) atoms. The molecule has 1 aliphatic heterocycles. The number of amidine groups is 1. The third kappa shape index (κ3) is 2.88. The summed E-state index contributed by atoms with van der Waals surface area (Å²) in [6, 6.07) is 3.52. The number of amides is 1. The van der Waals surface area contributed by atoms with E-state index >= 15 is 0 Å². The van der Waals surface area contributed by atoms with Crippen LogP contribution in [0.2, 0.25) is 0 Å². The number of rotatable bonds is 2. The topological polar surface area (TPSA) is 53.8 Å². The average molecular weight is 255 g/mol. The monoisotopic (exact) mass is 255 g/mol. The van der Waals surface area contributed by atoms with Gasteiger partial charge in [-0.1, -0.05) is 17.8 Å². The molecule has 1 aliphatic rings. The van der Waals surface area contributed by atoms with Crippen LogP contribution in [0.5, 0.6) is 0 Å². The number of hydrogen-bond donors (Lipinski definition) is 1. The highest BCUT2D eigenvalue weighted by atomic mass is 32.2. The van der Waals surface area contributed by atoms with Crippen molar-refractivity contribution in [1.82, 2.24) is 5.32 Å². The van der Waals surface area contributed by atoms with Crippen LogP contribution in [0, 0.1) is 11.6 Å². The summed E-state index contributed by atoms with van der Waals surface area (Å²) < 4.78 is 26.3. The molecular formula is C10H7F2N3OS. The number of thioether (sulfide) groups is 1. The van der Waals surface area contributed by atoms with Crippen LogP contribution in [0.25, 0.3) is 0 Å². The molecule has 88 valence electrons. The molecule has 1 amide bonds. The van der Waals surface area contributed by atoms with Gasteiger partial charge in [0.05, 0.1) is 17.5 Å². The first-order valence-electron chi connectivity index (χ1n) is 4.64. The van der Waals surface area contributed by atoms with Gasteiger partial charge in [0.2, 0.25) is 5.91 Å². The number of nitrogens with zero attached hydrogens (tertiary/aromatic N) is 2. The molecule has 0 atom stereocenters. The van der Waals surface area contributed by atoms with Crippen LogP contribution in [-0.4, -0.2) is 23.0 Å². The van der Waals surface area contributed by atoms with E-state index in [0.29, 0.717) is 5.17 Å². The maximum Gasteiger partial charge on any atom is 0.236 e. The number of carbonyl (C=O) groups excluding carboxylic acids is 1. The second-order valence-corrected chi connectivity index (χ2v) is 4.09. The fourth-order valence-corrected chi connectivity index (χ4v) is 1.78. The lowest BCUT2D eigenvalue weighted by molar-refractivity contribution is -0.116. The van der Waals surface area contributed by atoms with E-state index in [4.69, 9.17) is 0 Å². The van der Waals surface area contributed by atoms with Crippen LogP contribution in [0.1, 0.15) is 5.56 Å². The first-order valence-corrected chi connectivity index (χ1v) is 5.63. The normalized spacial score (nSPS) is 18.0. The molecule has 7 heteroatoms. The van der Waals surface area contributed by atoms with Gasteiger partial charge < -0.3 is 5.32 Å². The minimum Gasteiger partial charge on any atom is -0.303 e. The Hall–Kier alpha value is -1.76. The minimum absolute atomic E-state index is 0.166. The third-order valence-electron chi connectivity index (χ3n) is 1.92. The molecular weight excluding hydrogens is 248 g/mol. The van der Waals surface area contributed by atoms with Gasteiger partial charge in [0.25, 0.3) is 0 Å². The van der Waals surface area contributed by atoms with E-state index in [1.165, 1.54) is 17.8 Å². The second-order valence-electron chi connectivity index (χ2n) is 3.12. The minimum atomic E-state index is -0.711. The van der Waals surface area contributed by atoms with Crippen LogP contribution in [0.4, 0.5) is 8.78 Å². The fourth-order valence-electron chi connectivity index (χ4n) is 1.15. The first kappa shape index (κ1) is 11.7. The zero-order valence-electron chi connectivity index (χ0n) is 8.48. The van der Waals surface area contributed by atoms with Gasteiger partial charge in [0, 0.05) is 0 Å². The molecule has 0 unspecified atom stereocenters. The van der Waals surface area contributed by atoms with Gasteiger partial charge in [-0.15, -0.1) is 5.10 Å². The molecule has 0 spiro atoms. The zero-order valence-corrected chi connectivity index (χ0v) is 9.30. The van der Waals surface area contributed by atoms with Crippen LogP contribution in [0.3, 0.4) is 0 Å². The molecule has 1 heterocycles. The maximum absolute atomic E-state index is 13.2. The number of benzene rings is 1. The SMILES string of the molecule is O=C1CSC(=NN=Cc2c(F)cccc2F)N1. The van der Waals surface area contributed by atoms with E-state index in [2.05, 4.69) is 15.5 Å². The lowest BCUT2D eigenvalue weighted by atomic mass is 10.2. The zero-order chi connectivity index (χ0) is 12.3. The number of nitrogens with one attached hydrogen (secondary N) is 1. The Morgan fingerprint density at radius 2 is 2.06 bits per heavy atom.